The predicted octanol–water partition coefficient (Wildman–Crippen LogP) is 5.66. The molecule has 0 aliphatic heterocycles. The van der Waals surface area contributed by atoms with Gasteiger partial charge in [-0.2, -0.15) is 0 Å². The third-order valence-corrected chi connectivity index (χ3v) is 3.37. The van der Waals surface area contributed by atoms with Crippen LogP contribution in [0.2, 0.25) is 12.6 Å². The molecule has 1 rings (SSSR count). The lowest BCUT2D eigenvalue weighted by molar-refractivity contribution is 0.512. The summed E-state index contributed by atoms with van der Waals surface area (Å²) in [4.78, 5) is 0. The van der Waals surface area contributed by atoms with Crippen molar-refractivity contribution in [3.8, 4) is 0 Å². The topological polar surface area (TPSA) is 9.23 Å². The first-order valence-electron chi connectivity index (χ1n) is 7.70. The van der Waals surface area contributed by atoms with E-state index in [9.17, 15) is 0 Å². The van der Waals surface area contributed by atoms with E-state index in [1.54, 1.807) is 0 Å². The van der Waals surface area contributed by atoms with Crippen LogP contribution in [-0.2, 0) is 4.65 Å². The third kappa shape index (κ3) is 6.00. The van der Waals surface area contributed by atoms with Gasteiger partial charge >= 0.3 is 6.92 Å². The lowest BCUT2D eigenvalue weighted by Crippen LogP contribution is -2.17. The van der Waals surface area contributed by atoms with E-state index in [0.717, 1.165) is 5.76 Å². The molecule has 0 aliphatic carbocycles. The predicted molar refractivity (Wildman–Crippen MR) is 86.4 cm³/mol. The van der Waals surface area contributed by atoms with E-state index in [2.05, 4.69) is 51.1 Å². The quantitative estimate of drug-likeness (QED) is 0.410. The van der Waals surface area contributed by atoms with Crippen LogP contribution in [0.25, 0.3) is 5.76 Å². The Hall–Kier alpha value is -1.18. The molecule has 0 N–H and O–H groups in total. The molecular formula is C17H27BO. The van der Waals surface area contributed by atoms with Crippen molar-refractivity contribution < 1.29 is 4.65 Å². The normalized spacial score (nSPS) is 11.4. The summed E-state index contributed by atoms with van der Waals surface area (Å²) in [6.45, 7) is 6.90. The second-order valence-electron chi connectivity index (χ2n) is 5.04. The molecule has 0 saturated heterocycles. The summed E-state index contributed by atoms with van der Waals surface area (Å²) in [7, 11) is 0. The minimum absolute atomic E-state index is 0.367. The van der Waals surface area contributed by atoms with Gasteiger partial charge in [0.2, 0.25) is 0 Å². The molecule has 104 valence electrons. The maximum absolute atomic E-state index is 6.25. The van der Waals surface area contributed by atoms with Crippen molar-refractivity contribution in [2.24, 2.45) is 0 Å². The molecule has 0 radical (unpaired) electrons. The van der Waals surface area contributed by atoms with E-state index in [1.165, 1.54) is 43.9 Å². The third-order valence-electron chi connectivity index (χ3n) is 3.37. The van der Waals surface area contributed by atoms with Crippen molar-refractivity contribution >= 4 is 12.7 Å². The van der Waals surface area contributed by atoms with Crippen LogP contribution in [0.3, 0.4) is 0 Å². The van der Waals surface area contributed by atoms with Gasteiger partial charge in [0.15, 0.2) is 0 Å². The zero-order chi connectivity index (χ0) is 13.9. The number of allylic oxidation sites excluding steroid dienone is 1. The van der Waals surface area contributed by atoms with Crippen LogP contribution in [0.15, 0.2) is 36.4 Å². The van der Waals surface area contributed by atoms with E-state index < -0.39 is 0 Å². The Bertz CT molecular complexity index is 351. The first-order chi connectivity index (χ1) is 9.31. The molecule has 2 heteroatoms. The van der Waals surface area contributed by atoms with Crippen molar-refractivity contribution in [1.29, 1.82) is 0 Å². The molecule has 1 aromatic carbocycles. The lowest BCUT2D eigenvalue weighted by Gasteiger charge is -2.18. The molecule has 0 fully saturated rings. The van der Waals surface area contributed by atoms with Crippen molar-refractivity contribution in [3.63, 3.8) is 0 Å². The van der Waals surface area contributed by atoms with Crippen LogP contribution >= 0.6 is 0 Å². The Labute approximate surface area is 119 Å². The molecule has 0 bridgehead atoms. The molecule has 0 amide bonds. The molecule has 19 heavy (non-hydrogen) atoms. The molecule has 0 atom stereocenters. The Balaban J connectivity index is 2.64. The van der Waals surface area contributed by atoms with E-state index in [4.69, 9.17) is 4.65 Å². The molecule has 1 nitrogen and oxygen atoms in total. The van der Waals surface area contributed by atoms with Gasteiger partial charge in [-0.3, -0.25) is 0 Å². The zero-order valence-electron chi connectivity index (χ0n) is 12.7. The monoisotopic (exact) mass is 258 g/mol. The van der Waals surface area contributed by atoms with Gasteiger partial charge in [0, 0.05) is 5.56 Å². The van der Waals surface area contributed by atoms with Crippen LogP contribution in [0, 0.1) is 0 Å². The fourth-order valence-corrected chi connectivity index (χ4v) is 2.21. The van der Waals surface area contributed by atoms with Gasteiger partial charge in [-0.25, -0.2) is 0 Å². The molecule has 0 heterocycles. The fourth-order valence-electron chi connectivity index (χ4n) is 2.21. The second-order valence-corrected chi connectivity index (χ2v) is 5.04. The first-order valence-corrected chi connectivity index (χ1v) is 7.70. The maximum atomic E-state index is 6.25. The standard InChI is InChI=1S/C17H27BO/c1-4-7-14-18(15-8-5-2)19-17(6-3)16-12-10-9-11-13-16/h6,9-13H,4-5,7-8,14-15H2,1-3H3/b17-6-. The van der Waals surface area contributed by atoms with Gasteiger partial charge in [-0.15, -0.1) is 0 Å². The molecule has 1 aromatic rings. The van der Waals surface area contributed by atoms with Crippen LogP contribution in [0.1, 0.15) is 52.0 Å². The van der Waals surface area contributed by atoms with E-state index in [0.29, 0.717) is 6.92 Å². The summed E-state index contributed by atoms with van der Waals surface area (Å²) in [5.41, 5.74) is 1.18. The van der Waals surface area contributed by atoms with Gasteiger partial charge in [0.25, 0.3) is 0 Å². The largest absolute Gasteiger partial charge is 0.561 e. The van der Waals surface area contributed by atoms with Crippen LogP contribution in [-0.4, -0.2) is 6.92 Å². The highest BCUT2D eigenvalue weighted by molar-refractivity contribution is 6.52. The number of hydrogen-bond donors (Lipinski definition) is 0. The van der Waals surface area contributed by atoms with E-state index in [-0.39, 0.29) is 0 Å². The minimum Gasteiger partial charge on any atom is -0.561 e. The van der Waals surface area contributed by atoms with Gasteiger partial charge in [-0.05, 0) is 25.6 Å². The summed E-state index contributed by atoms with van der Waals surface area (Å²) in [6, 6.07) is 10.4. The summed E-state index contributed by atoms with van der Waals surface area (Å²) in [5, 5.41) is 0. The van der Waals surface area contributed by atoms with Crippen LogP contribution in [0.4, 0.5) is 0 Å². The summed E-state index contributed by atoms with van der Waals surface area (Å²) in [5.74, 6) is 1.03. The minimum atomic E-state index is 0.367. The van der Waals surface area contributed by atoms with E-state index in [1.807, 2.05) is 6.07 Å². The maximum Gasteiger partial charge on any atom is 0.357 e. The Morgan fingerprint density at radius 3 is 2.11 bits per heavy atom. The van der Waals surface area contributed by atoms with Crippen molar-refractivity contribution in [2.75, 3.05) is 0 Å². The van der Waals surface area contributed by atoms with Crippen molar-refractivity contribution in [2.45, 2.75) is 59.1 Å². The summed E-state index contributed by atoms with van der Waals surface area (Å²) in [6.07, 6.45) is 9.40. The Morgan fingerprint density at radius 2 is 1.63 bits per heavy atom. The van der Waals surface area contributed by atoms with Crippen molar-refractivity contribution in [1.82, 2.24) is 0 Å². The average Bonchev–Trinajstić information content (AvgIpc) is 2.47. The molecule has 0 unspecified atom stereocenters. The van der Waals surface area contributed by atoms with Gasteiger partial charge in [0.1, 0.15) is 5.76 Å². The molecule has 0 saturated carbocycles. The van der Waals surface area contributed by atoms with Gasteiger partial charge in [0.05, 0.1) is 0 Å². The molecule has 0 aromatic heterocycles. The van der Waals surface area contributed by atoms with Gasteiger partial charge < -0.3 is 4.65 Å². The average molecular weight is 258 g/mol. The highest BCUT2D eigenvalue weighted by Gasteiger charge is 2.17. The summed E-state index contributed by atoms with van der Waals surface area (Å²) >= 11 is 0. The molecule has 0 spiro atoms. The molecule has 0 aliphatic rings. The number of unbranched alkanes of at least 4 members (excludes halogenated alkanes) is 2. The lowest BCUT2D eigenvalue weighted by atomic mass is 9.59. The van der Waals surface area contributed by atoms with E-state index >= 15 is 0 Å². The first kappa shape index (κ1) is 15.9. The number of benzene rings is 1. The smallest absolute Gasteiger partial charge is 0.357 e. The van der Waals surface area contributed by atoms with Crippen LogP contribution in [0.5, 0.6) is 0 Å². The highest BCUT2D eigenvalue weighted by atomic mass is 16.4. The SMILES string of the molecule is C/C=C(\OB(CCCC)CCCC)c1ccccc1. The number of hydrogen-bond acceptors (Lipinski definition) is 1. The zero-order valence-corrected chi connectivity index (χ0v) is 12.7. The Morgan fingerprint density at radius 1 is 1.05 bits per heavy atom. The van der Waals surface area contributed by atoms with Gasteiger partial charge in [-0.1, -0.05) is 69.9 Å². The Kier molecular flexibility index (Phi) is 8.12. The van der Waals surface area contributed by atoms with Crippen LogP contribution < -0.4 is 0 Å². The number of rotatable bonds is 9. The fraction of sp³-hybridized carbons (Fsp3) is 0.529. The highest BCUT2D eigenvalue weighted by Crippen LogP contribution is 2.21. The second kappa shape index (κ2) is 9.72. The molecular weight excluding hydrogens is 231 g/mol. The summed E-state index contributed by atoms with van der Waals surface area (Å²) < 4.78 is 6.25. The van der Waals surface area contributed by atoms with Crippen molar-refractivity contribution in [3.05, 3.63) is 42.0 Å².